The van der Waals surface area contributed by atoms with Crippen molar-refractivity contribution in [1.82, 2.24) is 0 Å². The number of hydrogen-bond acceptors (Lipinski definition) is 3. The van der Waals surface area contributed by atoms with Gasteiger partial charge in [-0.3, -0.25) is 0 Å². The van der Waals surface area contributed by atoms with Crippen LogP contribution in [-0.4, -0.2) is 25.1 Å². The zero-order chi connectivity index (χ0) is 20.1. The molecule has 5 heteroatoms. The van der Waals surface area contributed by atoms with E-state index in [9.17, 15) is 13.5 Å². The van der Waals surface area contributed by atoms with Gasteiger partial charge in [-0.1, -0.05) is 40.5 Å². The van der Waals surface area contributed by atoms with E-state index in [1.807, 2.05) is 24.3 Å². The van der Waals surface area contributed by atoms with Crippen LogP contribution in [0.15, 0.2) is 47.4 Å². The van der Waals surface area contributed by atoms with Crippen LogP contribution in [-0.2, 0) is 16.3 Å². The van der Waals surface area contributed by atoms with Gasteiger partial charge in [0.2, 0.25) is 0 Å². The maximum Gasteiger partial charge on any atom is 0.175 e. The van der Waals surface area contributed by atoms with E-state index >= 15 is 0 Å². The first-order valence-corrected chi connectivity index (χ1v) is 12.8. The number of halogens is 1. The van der Waals surface area contributed by atoms with Crippen LogP contribution in [0.5, 0.6) is 5.75 Å². The third-order valence-corrected chi connectivity index (χ3v) is 7.03. The second-order valence-corrected chi connectivity index (χ2v) is 10.3. The fourth-order valence-electron chi connectivity index (χ4n) is 3.93. The zero-order valence-corrected chi connectivity index (χ0v) is 18.7. The van der Waals surface area contributed by atoms with Gasteiger partial charge >= 0.3 is 0 Å². The first-order valence-electron chi connectivity index (χ1n) is 9.81. The van der Waals surface area contributed by atoms with Crippen LogP contribution in [0.1, 0.15) is 55.2 Å². The number of aryl methyl sites for hydroxylation is 1. The van der Waals surface area contributed by atoms with Gasteiger partial charge in [-0.25, -0.2) is 8.42 Å². The first kappa shape index (κ1) is 21.1. The van der Waals surface area contributed by atoms with Gasteiger partial charge in [0.15, 0.2) is 9.84 Å². The molecule has 0 bridgehead atoms. The van der Waals surface area contributed by atoms with Gasteiger partial charge < -0.3 is 5.11 Å². The molecule has 0 radical (unpaired) electrons. The van der Waals surface area contributed by atoms with E-state index in [2.05, 4.69) is 15.9 Å². The van der Waals surface area contributed by atoms with Crippen molar-refractivity contribution in [2.24, 2.45) is 0 Å². The Kier molecular flexibility index (Phi) is 7.00. The van der Waals surface area contributed by atoms with Gasteiger partial charge in [-0.05, 0) is 90.6 Å². The highest BCUT2D eigenvalue weighted by Crippen LogP contribution is 2.39. The summed E-state index contributed by atoms with van der Waals surface area (Å²) in [5, 5.41) is 10.9. The maximum atomic E-state index is 11.8. The summed E-state index contributed by atoms with van der Waals surface area (Å²) in [6, 6.07) is 13.0. The first-order chi connectivity index (χ1) is 13.4. The lowest BCUT2D eigenvalue weighted by Gasteiger charge is -2.16. The Labute approximate surface area is 176 Å². The van der Waals surface area contributed by atoms with Crippen molar-refractivity contribution >= 4 is 36.9 Å². The van der Waals surface area contributed by atoms with Crippen LogP contribution >= 0.6 is 15.9 Å². The molecule has 0 fully saturated rings. The summed E-state index contributed by atoms with van der Waals surface area (Å²) in [6.45, 7) is 0. The Morgan fingerprint density at radius 3 is 2.43 bits per heavy atom. The molecule has 0 amide bonds. The van der Waals surface area contributed by atoms with Crippen LogP contribution in [0.25, 0.3) is 11.1 Å². The van der Waals surface area contributed by atoms with Gasteiger partial charge in [0, 0.05) is 11.6 Å². The van der Waals surface area contributed by atoms with E-state index in [-0.39, 0.29) is 0 Å². The molecule has 0 unspecified atom stereocenters. The number of sulfone groups is 1. The van der Waals surface area contributed by atoms with Gasteiger partial charge in [0.05, 0.1) is 4.90 Å². The van der Waals surface area contributed by atoms with Crippen molar-refractivity contribution in [1.29, 1.82) is 0 Å². The lowest BCUT2D eigenvalue weighted by molar-refractivity contribution is 0.474. The molecule has 3 nitrogen and oxygen atoms in total. The number of phenolic OH excluding ortho intramolecular Hbond substituents is 1. The number of fused-ring (bicyclic) bond motifs is 1. The fraction of sp³-hybridized carbons (Fsp3) is 0.391. The number of unbranched alkanes of at least 4 members (excludes halogenated alkanes) is 2. The second-order valence-electron chi connectivity index (χ2n) is 7.45. The molecule has 0 atom stereocenters. The van der Waals surface area contributed by atoms with Crippen LogP contribution in [0.4, 0.5) is 0 Å². The number of phenols is 1. The van der Waals surface area contributed by atoms with Crippen molar-refractivity contribution in [2.45, 2.75) is 49.8 Å². The molecule has 0 aliphatic heterocycles. The summed E-state index contributed by atoms with van der Waals surface area (Å²) in [4.78, 5) is 0.356. The molecular formula is C23H27BrO3S. The van der Waals surface area contributed by atoms with E-state index in [1.54, 1.807) is 18.2 Å². The van der Waals surface area contributed by atoms with Crippen molar-refractivity contribution < 1.29 is 13.5 Å². The Hall–Kier alpha value is -1.59. The average molecular weight is 463 g/mol. The molecule has 0 aromatic heterocycles. The smallest absolute Gasteiger partial charge is 0.175 e. The SMILES string of the molecule is CS(=O)(=O)c1ccc(C2=C(CCCCCBr)c3ccc(O)cc3CCC2)cc1. The molecular weight excluding hydrogens is 436 g/mol. The summed E-state index contributed by atoms with van der Waals surface area (Å²) in [7, 11) is -3.19. The summed E-state index contributed by atoms with van der Waals surface area (Å²) in [5.41, 5.74) is 6.19. The van der Waals surface area contributed by atoms with E-state index in [4.69, 9.17) is 0 Å². The van der Waals surface area contributed by atoms with Gasteiger partial charge in [-0.2, -0.15) is 0 Å². The number of rotatable bonds is 7. The van der Waals surface area contributed by atoms with Crippen LogP contribution < -0.4 is 0 Å². The molecule has 1 aliphatic rings. The summed E-state index contributed by atoms with van der Waals surface area (Å²) >= 11 is 3.50. The van der Waals surface area contributed by atoms with Crippen molar-refractivity contribution in [3.8, 4) is 5.75 Å². The number of benzene rings is 2. The Bertz CT molecular complexity index is 960. The molecule has 3 rings (SSSR count). The highest BCUT2D eigenvalue weighted by atomic mass is 79.9. The van der Waals surface area contributed by atoms with Gasteiger partial charge in [-0.15, -0.1) is 0 Å². The minimum Gasteiger partial charge on any atom is -0.508 e. The summed E-state index contributed by atoms with van der Waals surface area (Å²) in [5.74, 6) is 0.318. The van der Waals surface area contributed by atoms with Gasteiger partial charge in [0.1, 0.15) is 5.75 Å². The van der Waals surface area contributed by atoms with Crippen LogP contribution in [0.3, 0.4) is 0 Å². The van der Waals surface area contributed by atoms with E-state index in [0.29, 0.717) is 10.6 Å². The largest absolute Gasteiger partial charge is 0.508 e. The van der Waals surface area contributed by atoms with Crippen LogP contribution in [0.2, 0.25) is 0 Å². The Morgan fingerprint density at radius 1 is 1.00 bits per heavy atom. The number of hydrogen-bond donors (Lipinski definition) is 1. The highest BCUT2D eigenvalue weighted by molar-refractivity contribution is 9.09. The van der Waals surface area contributed by atoms with Crippen molar-refractivity contribution in [3.05, 3.63) is 59.2 Å². The average Bonchev–Trinajstić information content (AvgIpc) is 2.83. The third kappa shape index (κ3) is 5.06. The predicted octanol–water partition coefficient (Wildman–Crippen LogP) is 6.00. The normalized spacial score (nSPS) is 14.6. The molecule has 150 valence electrons. The summed E-state index contributed by atoms with van der Waals surface area (Å²) < 4.78 is 23.6. The molecule has 0 saturated heterocycles. The molecule has 0 heterocycles. The third-order valence-electron chi connectivity index (χ3n) is 5.34. The maximum absolute atomic E-state index is 11.8. The highest BCUT2D eigenvalue weighted by Gasteiger charge is 2.19. The molecule has 1 aliphatic carbocycles. The topological polar surface area (TPSA) is 54.4 Å². The standard InChI is InChI=1S/C23H27BrO3S/c1-28(26,27)20-12-9-17(10-13-20)21-8-5-6-18-16-19(25)11-14-22(18)23(21)7-3-2-4-15-24/h9-14,16,25H,2-8,15H2,1H3. The monoisotopic (exact) mass is 462 g/mol. The van der Waals surface area contributed by atoms with Gasteiger partial charge in [0.25, 0.3) is 0 Å². The van der Waals surface area contributed by atoms with E-state index < -0.39 is 9.84 Å². The Morgan fingerprint density at radius 2 is 1.75 bits per heavy atom. The second kappa shape index (κ2) is 9.27. The molecule has 0 spiro atoms. The molecule has 1 N–H and O–H groups in total. The number of aromatic hydroxyl groups is 1. The lowest BCUT2D eigenvalue weighted by Crippen LogP contribution is -1.98. The molecule has 2 aromatic rings. The van der Waals surface area contributed by atoms with E-state index in [0.717, 1.165) is 49.4 Å². The minimum absolute atomic E-state index is 0.318. The molecule has 28 heavy (non-hydrogen) atoms. The number of allylic oxidation sites excluding steroid dienone is 2. The Balaban J connectivity index is 2.04. The predicted molar refractivity (Wildman–Crippen MR) is 120 cm³/mol. The summed E-state index contributed by atoms with van der Waals surface area (Å²) in [6.07, 6.45) is 8.60. The minimum atomic E-state index is -3.19. The zero-order valence-electron chi connectivity index (χ0n) is 16.2. The molecule has 2 aromatic carbocycles. The van der Waals surface area contributed by atoms with Crippen molar-refractivity contribution in [2.75, 3.05) is 11.6 Å². The van der Waals surface area contributed by atoms with Crippen LogP contribution in [0, 0.1) is 0 Å². The quantitative estimate of drug-likeness (QED) is 0.405. The fourth-order valence-corrected chi connectivity index (χ4v) is 4.96. The lowest BCUT2D eigenvalue weighted by atomic mass is 9.89. The number of alkyl halides is 1. The molecule has 0 saturated carbocycles. The van der Waals surface area contributed by atoms with E-state index in [1.165, 1.54) is 34.9 Å². The van der Waals surface area contributed by atoms with Crippen molar-refractivity contribution in [3.63, 3.8) is 0 Å².